The van der Waals surface area contributed by atoms with Crippen molar-refractivity contribution >= 4 is 51.5 Å². The zero-order chi connectivity index (χ0) is 34.1. The molecule has 2 aliphatic heterocycles. The fourth-order valence-electron chi connectivity index (χ4n) is 5.42. The molecule has 17 heteroatoms. The molecule has 3 aromatic rings. The predicted molar refractivity (Wildman–Crippen MR) is 168 cm³/mol. The van der Waals surface area contributed by atoms with Crippen LogP contribution in [0.2, 0.25) is 10.0 Å². The van der Waals surface area contributed by atoms with Gasteiger partial charge < -0.3 is 19.6 Å². The van der Waals surface area contributed by atoms with Gasteiger partial charge in [-0.3, -0.25) is 9.89 Å². The van der Waals surface area contributed by atoms with Crippen molar-refractivity contribution in [1.82, 2.24) is 14.1 Å². The standard InChI is InChI=1S/C30H28Cl2F3N5O6S/c1-2-45-24-17-20(30(33,34)35)7-12-23(24)27-37-25(18-3-8-21(31)9-4-18)26(19-5-10-22(32)11-6-19)40(27)29(42)38-13-15-39(16-14-38)47(43,44)46-28(36)41/h3-12,17,25-26H,2,13-16H2,1H3,(H2,36,41). The van der Waals surface area contributed by atoms with Crippen molar-refractivity contribution in [2.75, 3.05) is 32.8 Å². The smallest absolute Gasteiger partial charge is 0.421 e. The highest BCUT2D eigenvalue weighted by Crippen LogP contribution is 2.46. The van der Waals surface area contributed by atoms with Crippen molar-refractivity contribution in [3.8, 4) is 5.75 Å². The van der Waals surface area contributed by atoms with Crippen molar-refractivity contribution in [3.05, 3.63) is 99.0 Å². The van der Waals surface area contributed by atoms with E-state index < -0.39 is 46.3 Å². The molecule has 0 aromatic heterocycles. The van der Waals surface area contributed by atoms with Crippen LogP contribution in [0.15, 0.2) is 71.7 Å². The van der Waals surface area contributed by atoms with Gasteiger partial charge in [0.1, 0.15) is 17.6 Å². The van der Waals surface area contributed by atoms with Gasteiger partial charge in [0.05, 0.1) is 23.8 Å². The number of halogens is 5. The van der Waals surface area contributed by atoms with Gasteiger partial charge in [-0.05, 0) is 60.5 Å². The molecule has 3 amide bonds. The van der Waals surface area contributed by atoms with Crippen LogP contribution < -0.4 is 10.5 Å². The predicted octanol–water partition coefficient (Wildman–Crippen LogP) is 6.03. The Morgan fingerprint density at radius 1 is 0.936 bits per heavy atom. The largest absolute Gasteiger partial charge is 0.493 e. The van der Waals surface area contributed by atoms with E-state index in [9.17, 15) is 31.2 Å². The fourth-order valence-corrected chi connectivity index (χ4v) is 6.60. The zero-order valence-corrected chi connectivity index (χ0v) is 27.0. The molecule has 2 unspecified atom stereocenters. The van der Waals surface area contributed by atoms with Gasteiger partial charge in [0.15, 0.2) is 0 Å². The van der Waals surface area contributed by atoms with Gasteiger partial charge in [0.2, 0.25) is 0 Å². The Morgan fingerprint density at radius 2 is 1.51 bits per heavy atom. The van der Waals surface area contributed by atoms with E-state index in [1.807, 2.05) is 0 Å². The van der Waals surface area contributed by atoms with Gasteiger partial charge in [0, 0.05) is 36.2 Å². The lowest BCUT2D eigenvalue weighted by atomic mass is 9.93. The van der Waals surface area contributed by atoms with E-state index in [-0.39, 0.29) is 49.9 Å². The molecule has 11 nitrogen and oxygen atoms in total. The second kappa shape index (κ2) is 13.6. The second-order valence-corrected chi connectivity index (χ2v) is 12.9. The number of carbonyl (C=O) groups excluding carboxylic acids is 2. The summed E-state index contributed by atoms with van der Waals surface area (Å²) in [6.07, 6.45) is -6.16. The Labute approximate surface area is 278 Å². The molecule has 0 radical (unpaired) electrons. The minimum atomic E-state index is -4.66. The highest BCUT2D eigenvalue weighted by molar-refractivity contribution is 7.84. The molecule has 0 bridgehead atoms. The summed E-state index contributed by atoms with van der Waals surface area (Å²) in [5, 5.41) is 0.895. The van der Waals surface area contributed by atoms with Gasteiger partial charge >= 0.3 is 28.6 Å². The van der Waals surface area contributed by atoms with Crippen LogP contribution in [0.3, 0.4) is 0 Å². The summed E-state index contributed by atoms with van der Waals surface area (Å²) in [5.74, 6) is -0.0933. The number of piperazine rings is 1. The number of aliphatic imine (C=N–C) groups is 1. The highest BCUT2D eigenvalue weighted by atomic mass is 35.5. The van der Waals surface area contributed by atoms with Crippen molar-refractivity contribution < 1.29 is 40.1 Å². The lowest BCUT2D eigenvalue weighted by Crippen LogP contribution is -2.55. The normalized spacial score (nSPS) is 19.0. The third-order valence-electron chi connectivity index (χ3n) is 7.56. The number of ether oxygens (including phenoxy) is 1. The van der Waals surface area contributed by atoms with E-state index in [1.165, 1.54) is 15.9 Å². The Kier molecular flexibility index (Phi) is 9.91. The van der Waals surface area contributed by atoms with Crippen molar-refractivity contribution in [2.24, 2.45) is 10.7 Å². The number of urea groups is 1. The average molecular weight is 715 g/mol. The van der Waals surface area contributed by atoms with Crippen LogP contribution in [0.1, 0.15) is 41.3 Å². The number of nitrogens with zero attached hydrogens (tertiary/aromatic N) is 4. The van der Waals surface area contributed by atoms with Gasteiger partial charge in [-0.1, -0.05) is 47.5 Å². The summed E-state index contributed by atoms with van der Waals surface area (Å²) < 4.78 is 76.8. The van der Waals surface area contributed by atoms with Crippen LogP contribution >= 0.6 is 23.2 Å². The molecule has 2 atom stereocenters. The van der Waals surface area contributed by atoms with Crippen LogP contribution in [-0.2, 0) is 20.7 Å². The van der Waals surface area contributed by atoms with Gasteiger partial charge in [-0.15, -0.1) is 0 Å². The molecule has 0 aliphatic carbocycles. The molecule has 2 heterocycles. The first-order valence-electron chi connectivity index (χ1n) is 14.2. The second-order valence-electron chi connectivity index (χ2n) is 10.5. The van der Waals surface area contributed by atoms with Crippen LogP contribution in [0.25, 0.3) is 0 Å². The first kappa shape index (κ1) is 34.3. The van der Waals surface area contributed by atoms with E-state index in [4.69, 9.17) is 38.7 Å². The minimum Gasteiger partial charge on any atom is -0.493 e. The molecule has 1 fully saturated rings. The Bertz CT molecular complexity index is 1780. The molecule has 2 N–H and O–H groups in total. The van der Waals surface area contributed by atoms with Gasteiger partial charge in [-0.25, -0.2) is 9.59 Å². The van der Waals surface area contributed by atoms with Crippen LogP contribution in [-0.4, -0.2) is 73.3 Å². The van der Waals surface area contributed by atoms with E-state index in [2.05, 4.69) is 4.18 Å². The number of rotatable bonds is 7. The first-order chi connectivity index (χ1) is 22.2. The summed E-state index contributed by atoms with van der Waals surface area (Å²) in [4.78, 5) is 33.3. The summed E-state index contributed by atoms with van der Waals surface area (Å²) >= 11 is 12.4. The van der Waals surface area contributed by atoms with Crippen LogP contribution in [0.4, 0.5) is 22.8 Å². The topological polar surface area (TPSA) is 135 Å². The molecular weight excluding hydrogens is 686 g/mol. The summed E-state index contributed by atoms with van der Waals surface area (Å²) in [5.41, 5.74) is 5.36. The molecule has 2 aliphatic rings. The molecule has 3 aromatic carbocycles. The number of primary amides is 1. The first-order valence-corrected chi connectivity index (χ1v) is 16.3. The molecule has 250 valence electrons. The molecule has 0 saturated carbocycles. The lowest BCUT2D eigenvalue weighted by molar-refractivity contribution is -0.137. The number of nitrogens with two attached hydrogens (primary N) is 1. The number of amides is 3. The lowest BCUT2D eigenvalue weighted by Gasteiger charge is -2.38. The number of alkyl halides is 3. The Balaban J connectivity index is 1.62. The number of carbonyl (C=O) groups is 2. The maximum Gasteiger partial charge on any atom is 0.421 e. The number of amidine groups is 1. The zero-order valence-electron chi connectivity index (χ0n) is 24.7. The Morgan fingerprint density at radius 3 is 2.04 bits per heavy atom. The average Bonchev–Trinajstić information content (AvgIpc) is 3.41. The van der Waals surface area contributed by atoms with E-state index in [0.717, 1.165) is 16.4 Å². The molecule has 5 rings (SSSR count). The maximum absolute atomic E-state index is 14.5. The molecule has 47 heavy (non-hydrogen) atoms. The third-order valence-corrected chi connectivity index (χ3v) is 9.43. The maximum atomic E-state index is 14.5. The SMILES string of the molecule is CCOc1cc(C(F)(F)F)ccc1C1=NC(c2ccc(Cl)cc2)C(c2ccc(Cl)cc2)N1C(=O)N1CCN(S(=O)(=O)OC(N)=O)CC1. The summed E-state index contributed by atoms with van der Waals surface area (Å²) in [7, 11) is -4.49. The van der Waals surface area contributed by atoms with Crippen LogP contribution in [0.5, 0.6) is 5.75 Å². The van der Waals surface area contributed by atoms with E-state index in [1.54, 1.807) is 55.5 Å². The summed E-state index contributed by atoms with van der Waals surface area (Å²) in [6.45, 7) is 0.964. The Hall–Kier alpha value is -4.05. The fraction of sp³-hybridized carbons (Fsp3) is 0.300. The van der Waals surface area contributed by atoms with Crippen LogP contribution in [0, 0.1) is 0 Å². The summed E-state index contributed by atoms with van der Waals surface area (Å²) in [6, 6.07) is 14.3. The van der Waals surface area contributed by atoms with Crippen molar-refractivity contribution in [2.45, 2.75) is 25.2 Å². The van der Waals surface area contributed by atoms with Gasteiger partial charge in [-0.2, -0.15) is 25.9 Å². The van der Waals surface area contributed by atoms with E-state index >= 15 is 0 Å². The van der Waals surface area contributed by atoms with Crippen molar-refractivity contribution in [1.29, 1.82) is 0 Å². The number of hydrogen-bond acceptors (Lipinski definition) is 7. The molecule has 0 spiro atoms. The minimum absolute atomic E-state index is 0.0283. The third kappa shape index (κ3) is 7.43. The highest BCUT2D eigenvalue weighted by Gasteiger charge is 2.46. The van der Waals surface area contributed by atoms with E-state index in [0.29, 0.717) is 21.2 Å². The van der Waals surface area contributed by atoms with Crippen molar-refractivity contribution in [3.63, 3.8) is 0 Å². The number of benzene rings is 3. The quantitative estimate of drug-likeness (QED) is 0.318. The molecule has 1 saturated heterocycles. The van der Waals surface area contributed by atoms with Gasteiger partial charge in [0.25, 0.3) is 0 Å². The molecular formula is C30H28Cl2F3N5O6S. The monoisotopic (exact) mass is 713 g/mol. The number of hydrogen-bond donors (Lipinski definition) is 1.